The van der Waals surface area contributed by atoms with Gasteiger partial charge < -0.3 is 9.47 Å². The van der Waals surface area contributed by atoms with Crippen LogP contribution in [-0.2, 0) is 9.47 Å². The molecular formula is C9H19NO2. The minimum atomic E-state index is 0.330. The van der Waals surface area contributed by atoms with Gasteiger partial charge in [0.15, 0.2) is 0 Å². The molecule has 0 aromatic rings. The zero-order valence-corrected chi connectivity index (χ0v) is 8.01. The summed E-state index contributed by atoms with van der Waals surface area (Å²) in [7, 11) is 0. The van der Waals surface area contributed by atoms with Crippen molar-refractivity contribution in [2.24, 2.45) is 0 Å². The summed E-state index contributed by atoms with van der Waals surface area (Å²) in [6.45, 7) is 6.84. The second-order valence-electron chi connectivity index (χ2n) is 3.01. The Hall–Kier alpha value is -0.120. The molecule has 0 aromatic carbocycles. The maximum atomic E-state index is 5.32. The molecule has 2 unspecified atom stereocenters. The predicted molar refractivity (Wildman–Crippen MR) is 48.1 cm³/mol. The van der Waals surface area contributed by atoms with E-state index in [4.69, 9.17) is 9.47 Å². The van der Waals surface area contributed by atoms with Crippen LogP contribution in [0.15, 0.2) is 0 Å². The van der Waals surface area contributed by atoms with Gasteiger partial charge in [-0.15, -0.1) is 0 Å². The summed E-state index contributed by atoms with van der Waals surface area (Å²) in [5.74, 6) is 0. The van der Waals surface area contributed by atoms with E-state index in [0.717, 1.165) is 32.6 Å². The second-order valence-corrected chi connectivity index (χ2v) is 3.01. The van der Waals surface area contributed by atoms with Gasteiger partial charge in [0.2, 0.25) is 0 Å². The lowest BCUT2D eigenvalue weighted by Crippen LogP contribution is -2.21. The predicted octanol–water partition coefficient (Wildman–Crippen LogP) is 1.14. The molecule has 1 rings (SSSR count). The number of rotatable bonds is 7. The van der Waals surface area contributed by atoms with Crippen molar-refractivity contribution in [3.63, 3.8) is 0 Å². The lowest BCUT2D eigenvalue weighted by atomic mass is 10.3. The van der Waals surface area contributed by atoms with Crippen LogP contribution in [0.1, 0.15) is 26.7 Å². The van der Waals surface area contributed by atoms with Crippen molar-refractivity contribution >= 4 is 0 Å². The molecule has 0 amide bonds. The topological polar surface area (TPSA) is 33.8 Å². The monoisotopic (exact) mass is 173 g/mol. The highest BCUT2D eigenvalue weighted by molar-refractivity contribution is 4.80. The Bertz CT molecular complexity index is 119. The van der Waals surface area contributed by atoms with Crippen molar-refractivity contribution in [2.45, 2.75) is 39.0 Å². The van der Waals surface area contributed by atoms with Gasteiger partial charge in [0, 0.05) is 13.2 Å². The summed E-state index contributed by atoms with van der Waals surface area (Å²) in [5, 5.41) is 3.31. The molecule has 1 saturated heterocycles. The Labute approximate surface area is 74.4 Å². The highest BCUT2D eigenvalue weighted by atomic mass is 16.6. The van der Waals surface area contributed by atoms with Crippen LogP contribution in [0.3, 0.4) is 0 Å². The van der Waals surface area contributed by atoms with E-state index in [1.807, 2.05) is 6.92 Å². The molecule has 0 aromatic heterocycles. The Morgan fingerprint density at radius 3 is 2.83 bits per heavy atom. The van der Waals surface area contributed by atoms with Gasteiger partial charge in [0.25, 0.3) is 0 Å². The van der Waals surface area contributed by atoms with Gasteiger partial charge in [-0.05, 0) is 26.3 Å². The molecule has 1 heterocycles. The fourth-order valence-electron chi connectivity index (χ4n) is 1.20. The molecule has 0 aliphatic carbocycles. The van der Waals surface area contributed by atoms with Gasteiger partial charge in [-0.2, -0.15) is 0 Å². The summed E-state index contributed by atoms with van der Waals surface area (Å²) in [6.07, 6.45) is 2.99. The van der Waals surface area contributed by atoms with Gasteiger partial charge in [-0.3, -0.25) is 5.32 Å². The molecule has 0 radical (unpaired) electrons. The molecule has 1 N–H and O–H groups in total. The minimum Gasteiger partial charge on any atom is -0.382 e. The SMILES string of the molecule is CCOCCCNC1OC1CC. The quantitative estimate of drug-likeness (QED) is 0.463. The van der Waals surface area contributed by atoms with Crippen LogP contribution in [0, 0.1) is 0 Å². The molecule has 0 saturated carbocycles. The average molecular weight is 173 g/mol. The molecule has 72 valence electrons. The first kappa shape index (κ1) is 9.96. The molecule has 2 atom stereocenters. The van der Waals surface area contributed by atoms with E-state index in [9.17, 15) is 0 Å². The van der Waals surface area contributed by atoms with Crippen molar-refractivity contribution in [3.05, 3.63) is 0 Å². The van der Waals surface area contributed by atoms with Crippen LogP contribution < -0.4 is 5.32 Å². The smallest absolute Gasteiger partial charge is 0.135 e. The molecular weight excluding hydrogens is 154 g/mol. The van der Waals surface area contributed by atoms with Gasteiger partial charge in [-0.1, -0.05) is 6.92 Å². The molecule has 1 fully saturated rings. The third kappa shape index (κ3) is 3.52. The third-order valence-electron chi connectivity index (χ3n) is 2.00. The molecule has 3 heteroatoms. The zero-order chi connectivity index (χ0) is 8.81. The highest BCUT2D eigenvalue weighted by Gasteiger charge is 2.35. The number of hydrogen-bond donors (Lipinski definition) is 1. The van der Waals surface area contributed by atoms with Gasteiger partial charge in [-0.25, -0.2) is 0 Å². The first-order valence-corrected chi connectivity index (χ1v) is 4.85. The first-order valence-electron chi connectivity index (χ1n) is 4.85. The van der Waals surface area contributed by atoms with E-state index in [-0.39, 0.29) is 0 Å². The lowest BCUT2D eigenvalue weighted by molar-refractivity contribution is 0.144. The van der Waals surface area contributed by atoms with Crippen molar-refractivity contribution in [2.75, 3.05) is 19.8 Å². The Kier molecular flexibility index (Phi) is 4.58. The van der Waals surface area contributed by atoms with Crippen LogP contribution in [-0.4, -0.2) is 32.1 Å². The fourth-order valence-corrected chi connectivity index (χ4v) is 1.20. The summed E-state index contributed by atoms with van der Waals surface area (Å²) in [4.78, 5) is 0. The number of nitrogens with one attached hydrogen (secondary N) is 1. The Balaban J connectivity index is 1.78. The second kappa shape index (κ2) is 5.51. The Morgan fingerprint density at radius 2 is 2.25 bits per heavy atom. The Morgan fingerprint density at radius 1 is 1.42 bits per heavy atom. The van der Waals surface area contributed by atoms with Crippen LogP contribution in [0.25, 0.3) is 0 Å². The van der Waals surface area contributed by atoms with Crippen LogP contribution in [0.5, 0.6) is 0 Å². The molecule has 1 aliphatic rings. The number of epoxide rings is 1. The van der Waals surface area contributed by atoms with Gasteiger partial charge in [0.05, 0.1) is 6.10 Å². The summed E-state index contributed by atoms with van der Waals surface area (Å²) < 4.78 is 10.5. The summed E-state index contributed by atoms with van der Waals surface area (Å²) >= 11 is 0. The van der Waals surface area contributed by atoms with E-state index in [2.05, 4.69) is 12.2 Å². The largest absolute Gasteiger partial charge is 0.382 e. The van der Waals surface area contributed by atoms with Crippen molar-refractivity contribution in [1.29, 1.82) is 0 Å². The normalized spacial score (nSPS) is 27.5. The van der Waals surface area contributed by atoms with Crippen LogP contribution in [0.4, 0.5) is 0 Å². The molecule has 1 aliphatic heterocycles. The van der Waals surface area contributed by atoms with Crippen molar-refractivity contribution in [3.8, 4) is 0 Å². The van der Waals surface area contributed by atoms with E-state index in [0.29, 0.717) is 12.3 Å². The van der Waals surface area contributed by atoms with Crippen molar-refractivity contribution in [1.82, 2.24) is 5.32 Å². The average Bonchev–Trinajstić information content (AvgIpc) is 2.83. The first-order chi connectivity index (χ1) is 5.88. The highest BCUT2D eigenvalue weighted by Crippen LogP contribution is 2.21. The summed E-state index contributed by atoms with van der Waals surface area (Å²) in [6, 6.07) is 0. The van der Waals surface area contributed by atoms with Crippen molar-refractivity contribution < 1.29 is 9.47 Å². The molecule has 12 heavy (non-hydrogen) atoms. The van der Waals surface area contributed by atoms with Gasteiger partial charge in [0.1, 0.15) is 6.23 Å². The standard InChI is InChI=1S/C9H19NO2/c1-3-8-9(12-8)10-6-5-7-11-4-2/h8-10H,3-7H2,1-2H3. The van der Waals surface area contributed by atoms with E-state index in [1.165, 1.54) is 0 Å². The summed E-state index contributed by atoms with van der Waals surface area (Å²) in [5.41, 5.74) is 0. The molecule has 3 nitrogen and oxygen atoms in total. The van der Waals surface area contributed by atoms with E-state index < -0.39 is 0 Å². The van der Waals surface area contributed by atoms with Crippen LogP contribution >= 0.6 is 0 Å². The maximum Gasteiger partial charge on any atom is 0.135 e. The fraction of sp³-hybridized carbons (Fsp3) is 1.00. The van der Waals surface area contributed by atoms with E-state index >= 15 is 0 Å². The van der Waals surface area contributed by atoms with Crippen LogP contribution in [0.2, 0.25) is 0 Å². The maximum absolute atomic E-state index is 5.32. The number of ether oxygens (including phenoxy) is 2. The van der Waals surface area contributed by atoms with Gasteiger partial charge >= 0.3 is 0 Å². The number of hydrogen-bond acceptors (Lipinski definition) is 3. The van der Waals surface area contributed by atoms with E-state index in [1.54, 1.807) is 0 Å². The minimum absolute atomic E-state index is 0.330. The zero-order valence-electron chi connectivity index (χ0n) is 8.01. The third-order valence-corrected chi connectivity index (χ3v) is 2.00. The lowest BCUT2D eigenvalue weighted by Gasteiger charge is -2.01. The molecule has 0 bridgehead atoms. The molecule has 0 spiro atoms.